The molecule has 1 aliphatic heterocycles. The third-order valence-electron chi connectivity index (χ3n) is 5.78. The molecule has 9 nitrogen and oxygen atoms in total. The fraction of sp³-hybridized carbons (Fsp3) is 0.333. The predicted octanol–water partition coefficient (Wildman–Crippen LogP) is 3.29. The molecule has 1 fully saturated rings. The van der Waals surface area contributed by atoms with Gasteiger partial charge in [-0.15, -0.1) is 0 Å². The van der Waals surface area contributed by atoms with Gasteiger partial charge in [0.2, 0.25) is 0 Å². The number of fused-ring (bicyclic) bond motifs is 1. The van der Waals surface area contributed by atoms with Crippen LogP contribution >= 0.6 is 11.6 Å². The van der Waals surface area contributed by atoms with Gasteiger partial charge in [0.05, 0.1) is 39.7 Å². The van der Waals surface area contributed by atoms with Crippen LogP contribution in [0.4, 0.5) is 25.8 Å². The average Bonchev–Trinajstić information content (AvgIpc) is 3.29. The first-order chi connectivity index (χ1) is 16.0. The van der Waals surface area contributed by atoms with Gasteiger partial charge in [0.15, 0.2) is 11.6 Å². The summed E-state index contributed by atoms with van der Waals surface area (Å²) in [7, 11) is -1.06. The number of rotatable bonds is 6. The summed E-state index contributed by atoms with van der Waals surface area (Å²) in [6, 6.07) is 3.78. The van der Waals surface area contributed by atoms with Crippen molar-refractivity contribution in [3.63, 3.8) is 0 Å². The number of hydrogen-bond donors (Lipinski definition) is 2. The van der Waals surface area contributed by atoms with Gasteiger partial charge in [-0.05, 0) is 31.0 Å². The van der Waals surface area contributed by atoms with E-state index in [0.717, 1.165) is 4.31 Å². The van der Waals surface area contributed by atoms with E-state index in [1.54, 1.807) is 26.1 Å². The Labute approximate surface area is 199 Å². The molecule has 1 unspecified atom stereocenters. The summed E-state index contributed by atoms with van der Waals surface area (Å²) in [5, 5.41) is 2.63. The van der Waals surface area contributed by atoms with Crippen molar-refractivity contribution >= 4 is 49.8 Å². The smallest absolute Gasteiger partial charge is 0.301 e. The summed E-state index contributed by atoms with van der Waals surface area (Å²) in [6.07, 6.45) is 1.63. The van der Waals surface area contributed by atoms with Gasteiger partial charge < -0.3 is 14.6 Å². The van der Waals surface area contributed by atoms with E-state index in [1.807, 2.05) is 0 Å². The Bertz CT molecular complexity index is 1450. The zero-order valence-electron chi connectivity index (χ0n) is 18.5. The van der Waals surface area contributed by atoms with Crippen LogP contribution in [0.1, 0.15) is 12.0 Å². The Balaban J connectivity index is 1.72. The third-order valence-corrected chi connectivity index (χ3v) is 7.66. The van der Waals surface area contributed by atoms with Gasteiger partial charge in [-0.25, -0.2) is 13.8 Å². The van der Waals surface area contributed by atoms with Crippen molar-refractivity contribution < 1.29 is 21.9 Å². The van der Waals surface area contributed by atoms with Gasteiger partial charge in [0.25, 0.3) is 5.56 Å². The normalized spacial score (nSPS) is 16.8. The molecule has 0 bridgehead atoms. The number of anilines is 3. The van der Waals surface area contributed by atoms with Crippen LogP contribution in [0, 0.1) is 18.6 Å². The van der Waals surface area contributed by atoms with Crippen LogP contribution in [-0.4, -0.2) is 48.6 Å². The Hall–Kier alpha value is -2.80. The van der Waals surface area contributed by atoms with Crippen molar-refractivity contribution in [3.05, 3.63) is 57.1 Å². The van der Waals surface area contributed by atoms with Crippen LogP contribution in [0.2, 0.25) is 5.02 Å². The molecule has 2 heterocycles. The zero-order valence-corrected chi connectivity index (χ0v) is 20.1. The van der Waals surface area contributed by atoms with E-state index in [1.165, 1.54) is 18.0 Å². The van der Waals surface area contributed by atoms with E-state index in [0.29, 0.717) is 29.0 Å². The number of nitrogens with zero attached hydrogens (tertiary/aromatic N) is 3. The third kappa shape index (κ3) is 4.33. The zero-order chi connectivity index (χ0) is 24.8. The minimum absolute atomic E-state index is 0.123. The van der Waals surface area contributed by atoms with E-state index < -0.39 is 27.5 Å². The standard InChI is InChI=1S/C21H22ClF2N5O4S/c1-11-14(4-5-15-17(11)21(30)28(2)10-25-15)26-20-18(22)16(8-13(23)19(20)24)27-34(31,32)29-7-6-12(9-29)33-3/h4-5,8,10,12,26-27H,6-7,9H2,1-3H3. The highest BCUT2D eigenvalue weighted by atomic mass is 35.5. The molecule has 34 heavy (non-hydrogen) atoms. The lowest BCUT2D eigenvalue weighted by Gasteiger charge is -2.20. The molecular weight excluding hydrogens is 492 g/mol. The first kappa shape index (κ1) is 24.3. The summed E-state index contributed by atoms with van der Waals surface area (Å²) in [5.74, 6) is -2.61. The van der Waals surface area contributed by atoms with E-state index >= 15 is 0 Å². The molecule has 1 aromatic heterocycles. The molecule has 0 radical (unpaired) electrons. The Morgan fingerprint density at radius 2 is 2.00 bits per heavy atom. The van der Waals surface area contributed by atoms with Crippen LogP contribution in [0.25, 0.3) is 10.9 Å². The van der Waals surface area contributed by atoms with Gasteiger partial charge in [-0.3, -0.25) is 9.52 Å². The van der Waals surface area contributed by atoms with Crippen LogP contribution in [0.15, 0.2) is 29.3 Å². The number of methoxy groups -OCH3 is 1. The molecule has 1 atom stereocenters. The van der Waals surface area contributed by atoms with Crippen molar-refractivity contribution in [2.45, 2.75) is 19.4 Å². The largest absolute Gasteiger partial charge is 0.380 e. The molecule has 13 heteroatoms. The summed E-state index contributed by atoms with van der Waals surface area (Å²) < 4.78 is 64.6. The van der Waals surface area contributed by atoms with Crippen molar-refractivity contribution in [2.24, 2.45) is 7.05 Å². The molecule has 2 N–H and O–H groups in total. The maximum Gasteiger partial charge on any atom is 0.301 e. The number of benzene rings is 2. The Kier molecular flexibility index (Phi) is 6.51. The lowest BCUT2D eigenvalue weighted by Crippen LogP contribution is -2.35. The van der Waals surface area contributed by atoms with Gasteiger partial charge in [0, 0.05) is 39.0 Å². The summed E-state index contributed by atoms with van der Waals surface area (Å²) in [5.41, 5.74) is 0.0328. The highest BCUT2D eigenvalue weighted by molar-refractivity contribution is 7.90. The van der Waals surface area contributed by atoms with Crippen LogP contribution in [-0.2, 0) is 22.0 Å². The SMILES string of the molecule is COC1CCN(S(=O)(=O)Nc2cc(F)c(F)c(Nc3ccc4ncn(C)c(=O)c4c3C)c2Cl)C1. The second-order valence-electron chi connectivity index (χ2n) is 7.94. The molecule has 1 saturated heterocycles. The van der Waals surface area contributed by atoms with E-state index in [9.17, 15) is 22.0 Å². The van der Waals surface area contributed by atoms with E-state index in [2.05, 4.69) is 15.0 Å². The molecule has 182 valence electrons. The van der Waals surface area contributed by atoms with E-state index in [-0.39, 0.29) is 41.2 Å². The highest BCUT2D eigenvalue weighted by Crippen LogP contribution is 2.38. The highest BCUT2D eigenvalue weighted by Gasteiger charge is 2.32. The van der Waals surface area contributed by atoms with E-state index in [4.69, 9.17) is 16.3 Å². The minimum atomic E-state index is -4.10. The second-order valence-corrected chi connectivity index (χ2v) is 9.99. The number of halogens is 3. The maximum atomic E-state index is 14.7. The quantitative estimate of drug-likeness (QED) is 0.490. The first-order valence-electron chi connectivity index (χ1n) is 10.2. The lowest BCUT2D eigenvalue weighted by atomic mass is 10.1. The molecule has 0 saturated carbocycles. The maximum absolute atomic E-state index is 14.7. The monoisotopic (exact) mass is 513 g/mol. The number of aryl methyl sites for hydroxylation is 2. The predicted molar refractivity (Wildman–Crippen MR) is 126 cm³/mol. The van der Waals surface area contributed by atoms with Crippen LogP contribution in [0.5, 0.6) is 0 Å². The van der Waals surface area contributed by atoms with Gasteiger partial charge >= 0.3 is 10.2 Å². The van der Waals surface area contributed by atoms with Crippen molar-refractivity contribution in [1.82, 2.24) is 13.9 Å². The number of ether oxygens (including phenoxy) is 1. The van der Waals surface area contributed by atoms with Gasteiger partial charge in [-0.1, -0.05) is 11.6 Å². The topological polar surface area (TPSA) is 106 Å². The van der Waals surface area contributed by atoms with Gasteiger partial charge in [0.1, 0.15) is 0 Å². The molecule has 0 spiro atoms. The summed E-state index contributed by atoms with van der Waals surface area (Å²) in [6.45, 7) is 1.96. The molecule has 0 amide bonds. The number of aromatic nitrogens is 2. The summed E-state index contributed by atoms with van der Waals surface area (Å²) >= 11 is 6.31. The molecular formula is C21H22ClF2N5O4S. The molecule has 0 aliphatic carbocycles. The van der Waals surface area contributed by atoms with Crippen LogP contribution < -0.4 is 15.6 Å². The van der Waals surface area contributed by atoms with Crippen LogP contribution in [0.3, 0.4) is 0 Å². The Morgan fingerprint density at radius 3 is 2.68 bits per heavy atom. The van der Waals surface area contributed by atoms with Crippen molar-refractivity contribution in [1.29, 1.82) is 0 Å². The number of hydrogen-bond acceptors (Lipinski definition) is 6. The average molecular weight is 514 g/mol. The summed E-state index contributed by atoms with van der Waals surface area (Å²) in [4.78, 5) is 16.8. The van der Waals surface area contributed by atoms with Crippen molar-refractivity contribution in [3.8, 4) is 0 Å². The minimum Gasteiger partial charge on any atom is -0.380 e. The number of nitrogens with one attached hydrogen (secondary N) is 2. The second kappa shape index (κ2) is 9.10. The molecule has 3 aromatic rings. The Morgan fingerprint density at radius 1 is 1.26 bits per heavy atom. The fourth-order valence-electron chi connectivity index (χ4n) is 3.82. The van der Waals surface area contributed by atoms with Crippen molar-refractivity contribution in [2.75, 3.05) is 30.2 Å². The fourth-order valence-corrected chi connectivity index (χ4v) is 5.39. The molecule has 4 rings (SSSR count). The molecule has 2 aromatic carbocycles. The van der Waals surface area contributed by atoms with Gasteiger partial charge in [-0.2, -0.15) is 12.7 Å². The lowest BCUT2D eigenvalue weighted by molar-refractivity contribution is 0.115. The first-order valence-corrected chi connectivity index (χ1v) is 12.1. The molecule has 1 aliphatic rings.